The van der Waals surface area contributed by atoms with Crippen LogP contribution in [0.5, 0.6) is 0 Å². The highest BCUT2D eigenvalue weighted by atomic mass is 16.6. The summed E-state index contributed by atoms with van der Waals surface area (Å²) in [5, 5.41) is 19.6. The molecule has 4 rings (SSSR count). The van der Waals surface area contributed by atoms with Crippen LogP contribution in [0, 0.1) is 0 Å². The van der Waals surface area contributed by atoms with Crippen LogP contribution < -0.4 is 11.2 Å². The first kappa shape index (κ1) is 20.7. The van der Waals surface area contributed by atoms with Crippen LogP contribution in [0.3, 0.4) is 0 Å². The van der Waals surface area contributed by atoms with Gasteiger partial charge < -0.3 is 5.73 Å². The Morgan fingerprint density at radius 1 is 1.26 bits per heavy atom. The summed E-state index contributed by atoms with van der Waals surface area (Å²) >= 11 is 0. The summed E-state index contributed by atoms with van der Waals surface area (Å²) in [5.41, 5.74) is 11.2. The van der Waals surface area contributed by atoms with Gasteiger partial charge in [0.1, 0.15) is 5.69 Å². The van der Waals surface area contributed by atoms with Crippen molar-refractivity contribution in [2.45, 2.75) is 39.2 Å². The molecule has 3 N–H and O–H groups in total. The number of nitrogens with two attached hydrogens (primary N) is 1. The van der Waals surface area contributed by atoms with Crippen LogP contribution in [0.25, 0.3) is 5.82 Å². The van der Waals surface area contributed by atoms with E-state index >= 15 is 0 Å². The van der Waals surface area contributed by atoms with Gasteiger partial charge in [-0.05, 0) is 53.3 Å². The van der Waals surface area contributed by atoms with Gasteiger partial charge in [0.15, 0.2) is 5.69 Å². The Hall–Kier alpha value is -3.60. The number of hydrogen-bond donors (Lipinski definition) is 2. The number of amides is 1. The van der Waals surface area contributed by atoms with E-state index in [0.29, 0.717) is 18.2 Å². The zero-order valence-corrected chi connectivity index (χ0v) is 17.5. The second-order valence-corrected chi connectivity index (χ2v) is 7.77. The maximum absolute atomic E-state index is 13.0. The van der Waals surface area contributed by atoms with Gasteiger partial charge >= 0.3 is 0 Å². The Labute approximate surface area is 179 Å². The highest BCUT2D eigenvalue weighted by Crippen LogP contribution is 2.19. The van der Waals surface area contributed by atoms with Crippen LogP contribution in [0.1, 0.15) is 59.9 Å². The van der Waals surface area contributed by atoms with Gasteiger partial charge in [-0.25, -0.2) is 10.1 Å². The van der Waals surface area contributed by atoms with Gasteiger partial charge in [0.05, 0.1) is 6.21 Å². The van der Waals surface area contributed by atoms with Gasteiger partial charge in [0, 0.05) is 6.54 Å². The number of carbonyl (C=O) groups is 1. The van der Waals surface area contributed by atoms with E-state index in [4.69, 9.17) is 5.73 Å². The highest BCUT2D eigenvalue weighted by molar-refractivity contribution is 5.95. The molecular weight excluding hydrogens is 398 g/mol. The third kappa shape index (κ3) is 4.61. The molecular formula is C20H25N9O2. The predicted octanol–water partition coefficient (Wildman–Crippen LogP) is 1.72. The van der Waals surface area contributed by atoms with E-state index in [2.05, 4.69) is 54.5 Å². The summed E-state index contributed by atoms with van der Waals surface area (Å²) in [5.74, 6) is 0.0987. The van der Waals surface area contributed by atoms with Crippen LogP contribution in [0.4, 0.5) is 5.82 Å². The van der Waals surface area contributed by atoms with Gasteiger partial charge in [-0.2, -0.15) is 9.78 Å². The smallest absolute Gasteiger partial charge is 0.292 e. The van der Waals surface area contributed by atoms with Crippen molar-refractivity contribution in [1.82, 2.24) is 35.6 Å². The van der Waals surface area contributed by atoms with Gasteiger partial charge in [-0.1, -0.05) is 43.3 Å². The number of nitrogens with zero attached hydrogens (tertiary/aromatic N) is 7. The average Bonchev–Trinajstić information content (AvgIpc) is 3.50. The molecule has 2 aromatic heterocycles. The van der Waals surface area contributed by atoms with E-state index in [9.17, 15) is 4.79 Å². The average molecular weight is 423 g/mol. The topological polar surface area (TPSA) is 140 Å². The zero-order valence-electron chi connectivity index (χ0n) is 17.5. The standard InChI is InChI=1S/C20H25N9O2/c1-13(2)15-7-5-14(6-8-15)11-22-24-20(30)17-16(12-28-9-3-4-10-28)23-27-29(17)19-18(21)25-31-26-19/h5-8,11,13H,3-4,9-10,12H2,1-2H3,(H2,21,25)(H,24,30)/b22-11+. The molecule has 0 spiro atoms. The molecule has 162 valence electrons. The molecule has 0 atom stereocenters. The molecule has 1 saturated heterocycles. The van der Waals surface area contributed by atoms with Crippen LogP contribution in [-0.2, 0) is 6.54 Å². The summed E-state index contributed by atoms with van der Waals surface area (Å²) in [6, 6.07) is 8.00. The number of benzene rings is 1. The van der Waals surface area contributed by atoms with E-state index in [1.807, 2.05) is 24.3 Å². The minimum absolute atomic E-state index is 0.0143. The molecule has 0 aliphatic carbocycles. The van der Waals surface area contributed by atoms with Crippen LogP contribution >= 0.6 is 0 Å². The maximum Gasteiger partial charge on any atom is 0.292 e. The summed E-state index contributed by atoms with van der Waals surface area (Å²) < 4.78 is 5.89. The molecule has 3 heterocycles. The van der Waals surface area contributed by atoms with Crippen molar-refractivity contribution in [3.8, 4) is 5.82 Å². The summed E-state index contributed by atoms with van der Waals surface area (Å²) in [7, 11) is 0. The molecule has 31 heavy (non-hydrogen) atoms. The number of hydrazone groups is 1. The first-order valence-electron chi connectivity index (χ1n) is 10.2. The fraction of sp³-hybridized carbons (Fsp3) is 0.400. The second kappa shape index (κ2) is 9.04. The number of hydrogen-bond acceptors (Lipinski definition) is 9. The fourth-order valence-electron chi connectivity index (χ4n) is 3.47. The number of nitrogen functional groups attached to an aromatic ring is 1. The molecule has 11 heteroatoms. The molecule has 0 radical (unpaired) electrons. The van der Waals surface area contributed by atoms with E-state index in [-0.39, 0.29) is 17.3 Å². The van der Waals surface area contributed by atoms with Crippen LogP contribution in [0.2, 0.25) is 0 Å². The first-order valence-corrected chi connectivity index (χ1v) is 10.2. The number of carbonyl (C=O) groups excluding carboxylic acids is 1. The number of aromatic nitrogens is 5. The lowest BCUT2D eigenvalue weighted by Gasteiger charge is -2.13. The summed E-state index contributed by atoms with van der Waals surface area (Å²) in [6.07, 6.45) is 3.83. The van der Waals surface area contributed by atoms with E-state index < -0.39 is 5.91 Å². The Bertz CT molecular complexity index is 1060. The van der Waals surface area contributed by atoms with Gasteiger partial charge in [-0.3, -0.25) is 9.69 Å². The molecule has 1 aliphatic heterocycles. The monoisotopic (exact) mass is 423 g/mol. The third-order valence-electron chi connectivity index (χ3n) is 5.21. The van der Waals surface area contributed by atoms with Crippen molar-refractivity contribution >= 4 is 17.9 Å². The second-order valence-electron chi connectivity index (χ2n) is 7.77. The SMILES string of the molecule is CC(C)c1ccc(/C=N/NC(=O)c2c(CN3CCCC3)nnn2-c2nonc2N)cc1. The third-order valence-corrected chi connectivity index (χ3v) is 5.21. The Morgan fingerprint density at radius 2 is 2.00 bits per heavy atom. The lowest BCUT2D eigenvalue weighted by Crippen LogP contribution is -2.26. The zero-order chi connectivity index (χ0) is 21.8. The number of likely N-dealkylation sites (tertiary alicyclic amines) is 1. The highest BCUT2D eigenvalue weighted by Gasteiger charge is 2.26. The molecule has 1 amide bonds. The van der Waals surface area contributed by atoms with Gasteiger partial charge in [-0.15, -0.1) is 5.10 Å². The first-order chi connectivity index (χ1) is 15.0. The van der Waals surface area contributed by atoms with E-state index in [1.165, 1.54) is 10.2 Å². The Morgan fingerprint density at radius 3 is 2.65 bits per heavy atom. The van der Waals surface area contributed by atoms with Crippen molar-refractivity contribution < 1.29 is 9.42 Å². The molecule has 0 unspecified atom stereocenters. The Balaban J connectivity index is 1.55. The minimum atomic E-state index is -0.475. The van der Waals surface area contributed by atoms with Crippen molar-refractivity contribution in [1.29, 1.82) is 0 Å². The minimum Gasteiger partial charge on any atom is -0.378 e. The molecule has 1 aliphatic rings. The van der Waals surface area contributed by atoms with Gasteiger partial charge in [0.2, 0.25) is 11.6 Å². The van der Waals surface area contributed by atoms with Crippen molar-refractivity contribution in [3.63, 3.8) is 0 Å². The molecule has 0 bridgehead atoms. The van der Waals surface area contributed by atoms with E-state index in [0.717, 1.165) is 31.5 Å². The largest absolute Gasteiger partial charge is 0.378 e. The summed E-state index contributed by atoms with van der Waals surface area (Å²) in [6.45, 7) is 6.67. The van der Waals surface area contributed by atoms with E-state index in [1.54, 1.807) is 6.21 Å². The van der Waals surface area contributed by atoms with Gasteiger partial charge in [0.25, 0.3) is 5.91 Å². The number of nitrogens with one attached hydrogen (secondary N) is 1. The molecule has 1 aromatic carbocycles. The Kier molecular flexibility index (Phi) is 6.03. The predicted molar refractivity (Wildman–Crippen MR) is 114 cm³/mol. The summed E-state index contributed by atoms with van der Waals surface area (Å²) in [4.78, 5) is 15.2. The molecule has 0 saturated carbocycles. The maximum atomic E-state index is 13.0. The molecule has 3 aromatic rings. The van der Waals surface area contributed by atoms with Crippen molar-refractivity contribution in [3.05, 3.63) is 46.8 Å². The van der Waals surface area contributed by atoms with Crippen molar-refractivity contribution in [2.24, 2.45) is 5.10 Å². The fourth-order valence-corrected chi connectivity index (χ4v) is 3.47. The lowest BCUT2D eigenvalue weighted by atomic mass is 10.0. The lowest BCUT2D eigenvalue weighted by molar-refractivity contribution is 0.0945. The number of rotatable bonds is 7. The molecule has 1 fully saturated rings. The quantitative estimate of drug-likeness (QED) is 0.432. The normalized spacial score (nSPS) is 14.7. The van der Waals surface area contributed by atoms with Crippen LogP contribution in [-0.4, -0.2) is 55.4 Å². The van der Waals surface area contributed by atoms with Crippen molar-refractivity contribution in [2.75, 3.05) is 18.8 Å². The molecule has 11 nitrogen and oxygen atoms in total. The van der Waals surface area contributed by atoms with Crippen LogP contribution in [0.15, 0.2) is 34.0 Å². The number of anilines is 1.